The van der Waals surface area contributed by atoms with Crippen molar-refractivity contribution < 1.29 is 0 Å². The number of aryl methyl sites for hydroxylation is 1. The lowest BCUT2D eigenvalue weighted by molar-refractivity contribution is 0.185. The third kappa shape index (κ3) is 2.75. The van der Waals surface area contributed by atoms with Crippen molar-refractivity contribution in [2.45, 2.75) is 44.3 Å². The predicted octanol–water partition coefficient (Wildman–Crippen LogP) is 0.979. The van der Waals surface area contributed by atoms with Crippen LogP contribution in [0.1, 0.15) is 37.8 Å². The fourth-order valence-electron chi connectivity index (χ4n) is 3.87. The van der Waals surface area contributed by atoms with Crippen LogP contribution in [0.15, 0.2) is 12.4 Å². The Hall–Kier alpha value is -0.910. The zero-order chi connectivity index (χ0) is 14.1. The van der Waals surface area contributed by atoms with E-state index in [4.69, 9.17) is 5.73 Å². The average Bonchev–Trinajstić information content (AvgIpc) is 3.09. The van der Waals surface area contributed by atoms with Crippen LogP contribution in [-0.2, 0) is 7.05 Å². The minimum absolute atomic E-state index is 0.136. The van der Waals surface area contributed by atoms with Gasteiger partial charge in [-0.3, -0.25) is 14.5 Å². The summed E-state index contributed by atoms with van der Waals surface area (Å²) in [6.07, 6.45) is 8.10. The Bertz CT molecular complexity index is 435. The maximum absolute atomic E-state index is 6.26. The summed E-state index contributed by atoms with van der Waals surface area (Å²) in [4.78, 5) is 5.23. The number of hydrogen-bond acceptors (Lipinski definition) is 4. The van der Waals surface area contributed by atoms with Crippen molar-refractivity contribution >= 4 is 0 Å². The van der Waals surface area contributed by atoms with Gasteiger partial charge in [-0.05, 0) is 39.3 Å². The highest BCUT2D eigenvalue weighted by molar-refractivity contribution is 5.14. The van der Waals surface area contributed by atoms with E-state index in [0.29, 0.717) is 6.04 Å². The molecule has 0 saturated carbocycles. The second-order valence-corrected chi connectivity index (χ2v) is 6.43. The van der Waals surface area contributed by atoms with Crippen LogP contribution < -0.4 is 5.73 Å². The van der Waals surface area contributed by atoms with E-state index in [9.17, 15) is 0 Å². The molecule has 5 heteroatoms. The van der Waals surface area contributed by atoms with Crippen molar-refractivity contribution in [3.05, 3.63) is 18.0 Å². The number of hydrogen-bond donors (Lipinski definition) is 1. The molecule has 0 aromatic carbocycles. The molecule has 0 radical (unpaired) electrons. The summed E-state index contributed by atoms with van der Waals surface area (Å²) in [6.45, 7) is 6.99. The molecular formula is C15H27N5. The van der Waals surface area contributed by atoms with E-state index in [-0.39, 0.29) is 6.04 Å². The lowest BCUT2D eigenvalue weighted by Gasteiger charge is -2.31. The molecular weight excluding hydrogens is 250 g/mol. The van der Waals surface area contributed by atoms with E-state index < -0.39 is 0 Å². The third-order valence-electron chi connectivity index (χ3n) is 4.81. The molecule has 2 aliphatic heterocycles. The SMILES string of the molecule is CC(N)C(c1cnn(C)c1)N1CCC(N2CCCC2)C1. The molecule has 1 aromatic heterocycles. The molecule has 2 fully saturated rings. The van der Waals surface area contributed by atoms with Crippen LogP contribution >= 0.6 is 0 Å². The number of nitrogens with zero attached hydrogens (tertiary/aromatic N) is 4. The van der Waals surface area contributed by atoms with Gasteiger partial charge < -0.3 is 5.73 Å². The molecule has 20 heavy (non-hydrogen) atoms. The summed E-state index contributed by atoms with van der Waals surface area (Å²) in [5, 5.41) is 4.31. The Labute approximate surface area is 121 Å². The monoisotopic (exact) mass is 277 g/mol. The van der Waals surface area contributed by atoms with Crippen molar-refractivity contribution in [2.24, 2.45) is 12.8 Å². The van der Waals surface area contributed by atoms with Crippen molar-refractivity contribution in [1.82, 2.24) is 19.6 Å². The smallest absolute Gasteiger partial charge is 0.0538 e. The molecule has 3 unspecified atom stereocenters. The lowest BCUT2D eigenvalue weighted by Crippen LogP contribution is -2.41. The van der Waals surface area contributed by atoms with Crippen LogP contribution in [0.3, 0.4) is 0 Å². The first-order valence-electron chi connectivity index (χ1n) is 7.87. The average molecular weight is 277 g/mol. The van der Waals surface area contributed by atoms with E-state index in [1.165, 1.54) is 37.9 Å². The summed E-state index contributed by atoms with van der Waals surface area (Å²) in [5.41, 5.74) is 7.52. The van der Waals surface area contributed by atoms with E-state index in [2.05, 4.69) is 28.0 Å². The second-order valence-electron chi connectivity index (χ2n) is 6.43. The molecule has 0 bridgehead atoms. The summed E-state index contributed by atoms with van der Waals surface area (Å²) < 4.78 is 1.87. The van der Waals surface area contributed by atoms with Gasteiger partial charge in [0.2, 0.25) is 0 Å². The van der Waals surface area contributed by atoms with Gasteiger partial charge in [-0.25, -0.2) is 0 Å². The quantitative estimate of drug-likeness (QED) is 0.891. The Morgan fingerprint density at radius 2 is 2.05 bits per heavy atom. The highest BCUT2D eigenvalue weighted by atomic mass is 15.3. The topological polar surface area (TPSA) is 50.3 Å². The molecule has 5 nitrogen and oxygen atoms in total. The van der Waals surface area contributed by atoms with Gasteiger partial charge in [0.1, 0.15) is 0 Å². The maximum Gasteiger partial charge on any atom is 0.0538 e. The summed E-state index contributed by atoms with van der Waals surface area (Å²) in [7, 11) is 1.97. The maximum atomic E-state index is 6.26. The predicted molar refractivity (Wildman–Crippen MR) is 80.4 cm³/mol. The molecule has 2 N–H and O–H groups in total. The number of aromatic nitrogens is 2. The molecule has 1 aromatic rings. The van der Waals surface area contributed by atoms with Gasteiger partial charge in [-0.2, -0.15) is 5.10 Å². The van der Waals surface area contributed by atoms with Gasteiger partial charge in [0.05, 0.1) is 12.2 Å². The molecule has 112 valence electrons. The van der Waals surface area contributed by atoms with Crippen LogP contribution in [0.4, 0.5) is 0 Å². The molecule has 3 rings (SSSR count). The highest BCUT2D eigenvalue weighted by Crippen LogP contribution is 2.29. The first-order valence-corrected chi connectivity index (χ1v) is 7.87. The molecule has 3 atom stereocenters. The second kappa shape index (κ2) is 5.84. The fourth-order valence-corrected chi connectivity index (χ4v) is 3.87. The molecule has 3 heterocycles. The van der Waals surface area contributed by atoms with Gasteiger partial charge in [0.25, 0.3) is 0 Å². The summed E-state index contributed by atoms with van der Waals surface area (Å²) in [6, 6.07) is 1.17. The first-order chi connectivity index (χ1) is 9.65. The Morgan fingerprint density at radius 1 is 1.30 bits per heavy atom. The fraction of sp³-hybridized carbons (Fsp3) is 0.800. The largest absolute Gasteiger partial charge is 0.326 e. The van der Waals surface area contributed by atoms with E-state index in [1.54, 1.807) is 0 Å². The Balaban J connectivity index is 1.70. The minimum Gasteiger partial charge on any atom is -0.326 e. The first kappa shape index (κ1) is 14.0. The Kier molecular flexibility index (Phi) is 4.10. The Morgan fingerprint density at radius 3 is 2.65 bits per heavy atom. The number of likely N-dealkylation sites (tertiary alicyclic amines) is 2. The molecule has 0 spiro atoms. The standard InChI is InChI=1S/C15H27N5/c1-12(16)15(13-9-17-18(2)10-13)20-8-5-14(11-20)19-6-3-4-7-19/h9-10,12,14-15H,3-8,11,16H2,1-2H3. The van der Waals surface area contributed by atoms with Crippen molar-refractivity contribution in [2.75, 3.05) is 26.2 Å². The van der Waals surface area contributed by atoms with Crippen molar-refractivity contribution in [3.63, 3.8) is 0 Å². The van der Waals surface area contributed by atoms with Gasteiger partial charge in [-0.15, -0.1) is 0 Å². The van der Waals surface area contributed by atoms with Gasteiger partial charge in [0.15, 0.2) is 0 Å². The minimum atomic E-state index is 0.136. The third-order valence-corrected chi connectivity index (χ3v) is 4.81. The summed E-state index contributed by atoms with van der Waals surface area (Å²) >= 11 is 0. The summed E-state index contributed by atoms with van der Waals surface area (Å²) in [5.74, 6) is 0. The van der Waals surface area contributed by atoms with Crippen molar-refractivity contribution in [3.8, 4) is 0 Å². The molecule has 0 aliphatic carbocycles. The lowest BCUT2D eigenvalue weighted by atomic mass is 10.0. The molecule has 2 aliphatic rings. The van der Waals surface area contributed by atoms with E-state index in [0.717, 1.165) is 19.1 Å². The normalized spacial score (nSPS) is 28.1. The van der Waals surface area contributed by atoms with Crippen LogP contribution in [-0.4, -0.2) is 57.8 Å². The zero-order valence-corrected chi connectivity index (χ0v) is 12.7. The zero-order valence-electron chi connectivity index (χ0n) is 12.7. The number of nitrogens with two attached hydrogens (primary N) is 1. The van der Waals surface area contributed by atoms with Gasteiger partial charge >= 0.3 is 0 Å². The van der Waals surface area contributed by atoms with Gasteiger partial charge in [-0.1, -0.05) is 0 Å². The van der Waals surface area contributed by atoms with Gasteiger partial charge in [0, 0.05) is 44.0 Å². The van der Waals surface area contributed by atoms with Crippen molar-refractivity contribution in [1.29, 1.82) is 0 Å². The molecule has 2 saturated heterocycles. The van der Waals surface area contributed by atoms with Crippen LogP contribution in [0.5, 0.6) is 0 Å². The number of rotatable bonds is 4. The van der Waals surface area contributed by atoms with E-state index in [1.807, 2.05) is 17.9 Å². The van der Waals surface area contributed by atoms with E-state index >= 15 is 0 Å². The molecule has 0 amide bonds. The highest BCUT2D eigenvalue weighted by Gasteiger charge is 2.34. The van der Waals surface area contributed by atoms with Crippen LogP contribution in [0.2, 0.25) is 0 Å². The van der Waals surface area contributed by atoms with Crippen LogP contribution in [0, 0.1) is 0 Å². The van der Waals surface area contributed by atoms with Crippen LogP contribution in [0.25, 0.3) is 0 Å².